The lowest BCUT2D eigenvalue weighted by molar-refractivity contribution is -0.387. The number of hydrogen-bond acceptors (Lipinski definition) is 10. The lowest BCUT2D eigenvalue weighted by atomic mass is 10.2. The van der Waals surface area contributed by atoms with Gasteiger partial charge >= 0.3 is 5.97 Å². The van der Waals surface area contributed by atoms with Gasteiger partial charge in [-0.2, -0.15) is 0 Å². The number of thioether (sulfide) groups is 1. The largest absolute Gasteiger partial charge is 0.478 e. The maximum Gasteiger partial charge on any atom is 0.337 e. The Labute approximate surface area is 209 Å². The SMILES string of the molecule is Cc1nnc(Sc2ccc(/C=C3\SC(=Nc4ccc(Cl)c(C(=O)O)c4)NC3=O)cc2[N+](=O)[O-])s1. The number of nitrogens with one attached hydrogen (secondary N) is 1. The number of carbonyl (C=O) groups is 2. The summed E-state index contributed by atoms with van der Waals surface area (Å²) in [4.78, 5) is 39.7. The standard InChI is InChI=1S/C20H12ClN5O5S3/c1-9-24-25-20(32-9)34-15-5-2-10(6-14(15)26(30)31)7-16-17(27)23-19(33-16)22-11-3-4-13(21)12(8-11)18(28)29/h2-8H,1H3,(H,28,29)(H,22,23,27)/b16-7-. The molecule has 0 radical (unpaired) electrons. The molecule has 172 valence electrons. The Balaban J connectivity index is 1.58. The molecule has 1 amide bonds. The maximum atomic E-state index is 12.4. The van der Waals surface area contributed by atoms with Crippen LogP contribution in [0, 0.1) is 17.0 Å². The van der Waals surface area contributed by atoms with E-state index in [2.05, 4.69) is 20.5 Å². The van der Waals surface area contributed by atoms with E-state index in [-0.39, 0.29) is 26.3 Å². The highest BCUT2D eigenvalue weighted by atomic mass is 35.5. The van der Waals surface area contributed by atoms with Crippen LogP contribution in [-0.4, -0.2) is 37.3 Å². The predicted molar refractivity (Wildman–Crippen MR) is 131 cm³/mol. The molecule has 4 rings (SSSR count). The molecule has 1 saturated heterocycles. The topological polar surface area (TPSA) is 148 Å². The van der Waals surface area contributed by atoms with E-state index in [4.69, 9.17) is 11.6 Å². The third kappa shape index (κ3) is 5.44. The van der Waals surface area contributed by atoms with Crippen molar-refractivity contribution in [3.05, 3.63) is 72.6 Å². The summed E-state index contributed by atoms with van der Waals surface area (Å²) in [6, 6.07) is 8.87. The first-order valence-corrected chi connectivity index (χ1v) is 12.1. The van der Waals surface area contributed by atoms with E-state index < -0.39 is 16.8 Å². The van der Waals surface area contributed by atoms with Gasteiger partial charge in [-0.1, -0.05) is 40.8 Å². The zero-order valence-electron chi connectivity index (χ0n) is 17.0. The van der Waals surface area contributed by atoms with Crippen LogP contribution in [0.5, 0.6) is 0 Å². The Morgan fingerprint density at radius 1 is 1.29 bits per heavy atom. The molecule has 2 aromatic carbocycles. The summed E-state index contributed by atoms with van der Waals surface area (Å²) in [5, 5.41) is 32.4. The summed E-state index contributed by atoms with van der Waals surface area (Å²) in [7, 11) is 0. The van der Waals surface area contributed by atoms with E-state index in [1.54, 1.807) is 19.1 Å². The van der Waals surface area contributed by atoms with Crippen LogP contribution in [-0.2, 0) is 4.79 Å². The van der Waals surface area contributed by atoms with Crippen LogP contribution in [0.15, 0.2) is 55.5 Å². The summed E-state index contributed by atoms with van der Waals surface area (Å²) in [5.74, 6) is -1.62. The van der Waals surface area contributed by atoms with Crippen molar-refractivity contribution in [3.63, 3.8) is 0 Å². The molecule has 2 N–H and O–H groups in total. The Morgan fingerprint density at radius 3 is 2.76 bits per heavy atom. The first-order valence-electron chi connectivity index (χ1n) is 9.28. The predicted octanol–water partition coefficient (Wildman–Crippen LogP) is 5.15. The lowest BCUT2D eigenvalue weighted by Crippen LogP contribution is -2.19. The van der Waals surface area contributed by atoms with Gasteiger partial charge in [0.1, 0.15) is 5.01 Å². The highest BCUT2D eigenvalue weighted by molar-refractivity contribution is 8.18. The molecule has 14 heteroatoms. The summed E-state index contributed by atoms with van der Waals surface area (Å²) in [5.41, 5.74) is 0.534. The van der Waals surface area contributed by atoms with E-state index in [0.29, 0.717) is 20.5 Å². The highest BCUT2D eigenvalue weighted by Gasteiger charge is 2.25. The number of carbonyl (C=O) groups excluding carboxylic acids is 1. The number of carboxylic acids is 1. The average molecular weight is 534 g/mol. The number of aryl methyl sites for hydroxylation is 1. The molecule has 2 heterocycles. The summed E-state index contributed by atoms with van der Waals surface area (Å²) >= 11 is 9.38. The van der Waals surface area contributed by atoms with Crippen molar-refractivity contribution in [2.75, 3.05) is 0 Å². The fraction of sp³-hybridized carbons (Fsp3) is 0.0500. The number of hydrogen-bond donors (Lipinski definition) is 2. The molecule has 1 aliphatic heterocycles. The molecule has 1 aromatic heterocycles. The number of aromatic nitrogens is 2. The molecule has 34 heavy (non-hydrogen) atoms. The van der Waals surface area contributed by atoms with Gasteiger partial charge in [0.2, 0.25) is 0 Å². The minimum absolute atomic E-state index is 0.0737. The minimum Gasteiger partial charge on any atom is -0.478 e. The van der Waals surface area contributed by atoms with Gasteiger partial charge in [0.05, 0.1) is 31.0 Å². The van der Waals surface area contributed by atoms with Crippen LogP contribution in [0.25, 0.3) is 6.08 Å². The minimum atomic E-state index is -1.19. The number of benzene rings is 2. The van der Waals surface area contributed by atoms with Crippen LogP contribution in [0.4, 0.5) is 11.4 Å². The van der Waals surface area contributed by atoms with Gasteiger partial charge in [-0.05, 0) is 54.6 Å². The number of carboxylic acid groups (broad SMARTS) is 1. The van der Waals surface area contributed by atoms with E-state index >= 15 is 0 Å². The van der Waals surface area contributed by atoms with E-state index in [9.17, 15) is 24.8 Å². The molecule has 1 fully saturated rings. The molecule has 3 aromatic rings. The quantitative estimate of drug-likeness (QED) is 0.249. The Hall–Kier alpha value is -3.26. The number of rotatable bonds is 6. The second-order valence-electron chi connectivity index (χ2n) is 6.62. The molecule has 10 nitrogen and oxygen atoms in total. The molecule has 0 unspecified atom stereocenters. The molecule has 0 bridgehead atoms. The number of nitro groups is 1. The van der Waals surface area contributed by atoms with Gasteiger partial charge in [0.25, 0.3) is 11.6 Å². The van der Waals surface area contributed by atoms with Crippen LogP contribution in [0.3, 0.4) is 0 Å². The van der Waals surface area contributed by atoms with E-state index in [1.807, 2.05) is 0 Å². The number of aromatic carboxylic acids is 1. The van der Waals surface area contributed by atoms with Crippen LogP contribution in [0.1, 0.15) is 20.9 Å². The van der Waals surface area contributed by atoms with Crippen molar-refractivity contribution in [2.45, 2.75) is 16.2 Å². The smallest absolute Gasteiger partial charge is 0.337 e. The Kier molecular flexibility index (Phi) is 6.97. The Morgan fingerprint density at radius 2 is 2.09 bits per heavy atom. The van der Waals surface area contributed by atoms with Gasteiger partial charge in [0.15, 0.2) is 9.51 Å². The summed E-state index contributed by atoms with van der Waals surface area (Å²) < 4.78 is 0.589. The van der Waals surface area contributed by atoms with Crippen molar-refractivity contribution in [1.82, 2.24) is 15.5 Å². The van der Waals surface area contributed by atoms with Gasteiger partial charge in [-0.15, -0.1) is 10.2 Å². The number of nitro benzene ring substituents is 1. The Bertz CT molecular complexity index is 1400. The second-order valence-corrected chi connectivity index (χ2v) is 10.5. The van der Waals surface area contributed by atoms with Crippen molar-refractivity contribution in [2.24, 2.45) is 4.99 Å². The van der Waals surface area contributed by atoms with Gasteiger partial charge in [-0.3, -0.25) is 14.9 Å². The van der Waals surface area contributed by atoms with E-state index in [1.165, 1.54) is 41.7 Å². The van der Waals surface area contributed by atoms with Crippen molar-refractivity contribution in [1.29, 1.82) is 0 Å². The monoisotopic (exact) mass is 533 g/mol. The third-order valence-electron chi connectivity index (χ3n) is 4.24. The highest BCUT2D eigenvalue weighted by Crippen LogP contribution is 2.37. The van der Waals surface area contributed by atoms with Crippen molar-refractivity contribution < 1.29 is 19.6 Å². The summed E-state index contributed by atoms with van der Waals surface area (Å²) in [6.45, 7) is 1.80. The number of halogens is 1. The van der Waals surface area contributed by atoms with Crippen molar-refractivity contribution >= 4 is 81.0 Å². The number of amides is 1. The molecule has 0 atom stereocenters. The molecular weight excluding hydrogens is 522 g/mol. The first kappa shape index (κ1) is 23.9. The number of amidine groups is 1. The van der Waals surface area contributed by atoms with Gasteiger partial charge < -0.3 is 10.4 Å². The molecule has 1 aliphatic rings. The molecule has 0 aliphatic carbocycles. The molecule has 0 saturated carbocycles. The lowest BCUT2D eigenvalue weighted by Gasteiger charge is -2.02. The van der Waals surface area contributed by atoms with Crippen LogP contribution < -0.4 is 5.32 Å². The summed E-state index contributed by atoms with van der Waals surface area (Å²) in [6.07, 6.45) is 1.52. The number of nitrogens with zero attached hydrogens (tertiary/aromatic N) is 4. The van der Waals surface area contributed by atoms with Gasteiger partial charge in [0, 0.05) is 6.07 Å². The van der Waals surface area contributed by atoms with Crippen molar-refractivity contribution in [3.8, 4) is 0 Å². The maximum absolute atomic E-state index is 12.4. The number of aliphatic imine (C=N–C) groups is 1. The van der Waals surface area contributed by atoms with Gasteiger partial charge in [-0.25, -0.2) is 9.79 Å². The fourth-order valence-electron chi connectivity index (χ4n) is 2.76. The zero-order chi connectivity index (χ0) is 24.4. The van der Waals surface area contributed by atoms with E-state index in [0.717, 1.165) is 28.5 Å². The fourth-order valence-corrected chi connectivity index (χ4v) is 5.66. The van der Waals surface area contributed by atoms with Crippen LogP contribution >= 0.6 is 46.5 Å². The molecule has 0 spiro atoms. The first-order chi connectivity index (χ1) is 16.2. The second kappa shape index (κ2) is 9.93. The average Bonchev–Trinajstić information content (AvgIpc) is 3.34. The zero-order valence-corrected chi connectivity index (χ0v) is 20.2. The third-order valence-corrected chi connectivity index (χ3v) is 7.44. The van der Waals surface area contributed by atoms with Crippen LogP contribution in [0.2, 0.25) is 5.02 Å². The molecular formula is C20H12ClN5O5S3. The normalized spacial score (nSPS) is 15.6.